The van der Waals surface area contributed by atoms with Crippen LogP contribution in [0.25, 0.3) is 0 Å². The lowest BCUT2D eigenvalue weighted by Crippen LogP contribution is -2.46. The van der Waals surface area contributed by atoms with Crippen molar-refractivity contribution in [2.75, 3.05) is 24.5 Å². The van der Waals surface area contributed by atoms with Crippen molar-refractivity contribution >= 4 is 11.7 Å². The molecule has 25 heavy (non-hydrogen) atoms. The van der Waals surface area contributed by atoms with Crippen LogP contribution in [0.4, 0.5) is 5.82 Å². The number of carbonyl (C=O) groups excluding carboxylic acids is 1. The summed E-state index contributed by atoms with van der Waals surface area (Å²) < 4.78 is 0. The molecule has 2 aliphatic heterocycles. The van der Waals surface area contributed by atoms with Gasteiger partial charge in [-0.15, -0.1) is 0 Å². The Morgan fingerprint density at radius 2 is 1.92 bits per heavy atom. The van der Waals surface area contributed by atoms with Crippen molar-refractivity contribution < 1.29 is 4.79 Å². The molecule has 0 saturated carbocycles. The third-order valence-corrected chi connectivity index (χ3v) is 5.41. The van der Waals surface area contributed by atoms with Crippen molar-refractivity contribution in [3.8, 4) is 0 Å². The van der Waals surface area contributed by atoms with Crippen LogP contribution in [0.5, 0.6) is 0 Å². The van der Waals surface area contributed by atoms with Gasteiger partial charge in [0.1, 0.15) is 5.82 Å². The molecule has 0 bridgehead atoms. The predicted octanol–water partition coefficient (Wildman–Crippen LogP) is 3.19. The minimum Gasteiger partial charge on any atom is -0.356 e. The van der Waals surface area contributed by atoms with Gasteiger partial charge >= 0.3 is 0 Å². The van der Waals surface area contributed by atoms with E-state index in [9.17, 15) is 4.79 Å². The zero-order chi connectivity index (χ0) is 17.2. The van der Waals surface area contributed by atoms with Crippen LogP contribution in [0.2, 0.25) is 0 Å². The Hall–Kier alpha value is -2.36. The number of pyridine rings is 1. The molecule has 0 aliphatic carbocycles. The highest BCUT2D eigenvalue weighted by Gasteiger charge is 2.31. The minimum atomic E-state index is 0.0846. The number of amides is 1. The van der Waals surface area contributed by atoms with E-state index in [1.807, 2.05) is 19.1 Å². The van der Waals surface area contributed by atoms with E-state index in [0.29, 0.717) is 5.91 Å². The van der Waals surface area contributed by atoms with E-state index < -0.39 is 0 Å². The first kappa shape index (κ1) is 16.1. The Balaban J connectivity index is 1.45. The molecule has 2 aromatic rings. The molecule has 1 atom stereocenters. The second-order valence-corrected chi connectivity index (χ2v) is 7.20. The summed E-state index contributed by atoms with van der Waals surface area (Å²) in [4.78, 5) is 22.1. The van der Waals surface area contributed by atoms with Gasteiger partial charge in [-0.25, -0.2) is 4.98 Å². The molecule has 0 N–H and O–H groups in total. The fourth-order valence-corrected chi connectivity index (χ4v) is 4.03. The number of hydrogen-bond donors (Lipinski definition) is 0. The van der Waals surface area contributed by atoms with E-state index in [0.717, 1.165) is 57.0 Å². The maximum Gasteiger partial charge on any atom is 0.227 e. The van der Waals surface area contributed by atoms with Crippen molar-refractivity contribution in [3.63, 3.8) is 0 Å². The van der Waals surface area contributed by atoms with Gasteiger partial charge in [0, 0.05) is 31.9 Å². The maximum absolute atomic E-state index is 13.1. The van der Waals surface area contributed by atoms with Crippen LogP contribution >= 0.6 is 0 Å². The van der Waals surface area contributed by atoms with E-state index in [4.69, 9.17) is 0 Å². The van der Waals surface area contributed by atoms with Crippen molar-refractivity contribution in [2.45, 2.75) is 32.7 Å². The number of piperidine rings is 1. The maximum atomic E-state index is 13.1. The second kappa shape index (κ2) is 6.87. The molecule has 1 aromatic heterocycles. The third-order valence-electron chi connectivity index (χ3n) is 5.41. The largest absolute Gasteiger partial charge is 0.356 e. The molecule has 1 saturated heterocycles. The van der Waals surface area contributed by atoms with Crippen LogP contribution < -0.4 is 4.90 Å². The Kier molecular flexibility index (Phi) is 4.43. The summed E-state index contributed by atoms with van der Waals surface area (Å²) in [5.41, 5.74) is 3.72. The quantitative estimate of drug-likeness (QED) is 0.846. The van der Waals surface area contributed by atoms with Gasteiger partial charge in [-0.05, 0) is 49.4 Å². The van der Waals surface area contributed by atoms with Gasteiger partial charge in [-0.1, -0.05) is 30.3 Å². The third kappa shape index (κ3) is 3.39. The van der Waals surface area contributed by atoms with Gasteiger partial charge in [0.2, 0.25) is 5.91 Å². The van der Waals surface area contributed by atoms with Crippen molar-refractivity contribution in [1.82, 2.24) is 9.88 Å². The second-order valence-electron chi connectivity index (χ2n) is 7.20. The average molecular weight is 335 g/mol. The summed E-state index contributed by atoms with van der Waals surface area (Å²) in [6.07, 6.45) is 3.01. The number of rotatable bonds is 2. The van der Waals surface area contributed by atoms with Crippen LogP contribution in [0.15, 0.2) is 42.5 Å². The molecule has 1 amide bonds. The number of fused-ring (bicyclic) bond motifs is 1. The van der Waals surface area contributed by atoms with E-state index >= 15 is 0 Å². The highest BCUT2D eigenvalue weighted by Crippen LogP contribution is 2.26. The number of aromatic nitrogens is 1. The molecule has 4 heteroatoms. The number of anilines is 1. The molecular weight excluding hydrogens is 310 g/mol. The number of carbonyl (C=O) groups is 1. The monoisotopic (exact) mass is 335 g/mol. The molecule has 0 spiro atoms. The molecule has 130 valence electrons. The standard InChI is InChI=1S/C21H25N3O/c1-16-6-4-10-20(22-16)23-12-5-9-19(15-23)21(25)24-13-11-17-7-2-3-8-18(17)14-24/h2-4,6-8,10,19H,5,9,11-15H2,1H3. The zero-order valence-corrected chi connectivity index (χ0v) is 14.8. The molecule has 4 rings (SSSR count). The lowest BCUT2D eigenvalue weighted by Gasteiger charge is -2.37. The number of aryl methyl sites for hydroxylation is 1. The van der Waals surface area contributed by atoms with Crippen molar-refractivity contribution in [3.05, 3.63) is 59.3 Å². The SMILES string of the molecule is Cc1cccc(N2CCCC(C(=O)N3CCc4ccccc4C3)C2)n1. The zero-order valence-electron chi connectivity index (χ0n) is 14.8. The number of benzene rings is 1. The topological polar surface area (TPSA) is 36.4 Å². The smallest absolute Gasteiger partial charge is 0.227 e. The van der Waals surface area contributed by atoms with Gasteiger partial charge in [-0.2, -0.15) is 0 Å². The lowest BCUT2D eigenvalue weighted by atomic mass is 9.94. The number of hydrogen-bond acceptors (Lipinski definition) is 3. The lowest BCUT2D eigenvalue weighted by molar-refractivity contribution is -0.136. The molecule has 3 heterocycles. The Morgan fingerprint density at radius 3 is 2.76 bits per heavy atom. The van der Waals surface area contributed by atoms with Gasteiger partial charge < -0.3 is 9.80 Å². The van der Waals surface area contributed by atoms with Crippen LogP contribution in [0.3, 0.4) is 0 Å². The van der Waals surface area contributed by atoms with E-state index in [1.54, 1.807) is 0 Å². The highest BCUT2D eigenvalue weighted by atomic mass is 16.2. The van der Waals surface area contributed by atoms with Crippen LogP contribution in [0.1, 0.15) is 29.7 Å². The first-order valence-corrected chi connectivity index (χ1v) is 9.25. The normalized spacial score (nSPS) is 20.3. The van der Waals surface area contributed by atoms with Crippen molar-refractivity contribution in [1.29, 1.82) is 0 Å². The predicted molar refractivity (Wildman–Crippen MR) is 99.5 cm³/mol. The molecule has 0 radical (unpaired) electrons. The Morgan fingerprint density at radius 1 is 1.08 bits per heavy atom. The number of nitrogens with zero attached hydrogens (tertiary/aromatic N) is 3. The summed E-state index contributed by atoms with van der Waals surface area (Å²) in [7, 11) is 0. The summed E-state index contributed by atoms with van der Waals surface area (Å²) in [5, 5.41) is 0. The Bertz CT molecular complexity index is 773. The van der Waals surface area contributed by atoms with Crippen LogP contribution in [0, 0.1) is 12.8 Å². The molecule has 2 aliphatic rings. The summed E-state index contributed by atoms with van der Waals surface area (Å²) in [6, 6.07) is 14.6. The fraction of sp³-hybridized carbons (Fsp3) is 0.429. The molecule has 4 nitrogen and oxygen atoms in total. The Labute approximate surface area is 149 Å². The minimum absolute atomic E-state index is 0.0846. The van der Waals surface area contributed by atoms with E-state index in [1.165, 1.54) is 11.1 Å². The molecular formula is C21H25N3O. The van der Waals surface area contributed by atoms with Gasteiger partial charge in [0.15, 0.2) is 0 Å². The molecule has 1 unspecified atom stereocenters. The average Bonchev–Trinajstić information content (AvgIpc) is 2.67. The van der Waals surface area contributed by atoms with Crippen LogP contribution in [-0.4, -0.2) is 35.4 Å². The molecule has 1 fully saturated rings. The van der Waals surface area contributed by atoms with Gasteiger partial charge in [0.25, 0.3) is 0 Å². The summed E-state index contributed by atoms with van der Waals surface area (Å²) >= 11 is 0. The van der Waals surface area contributed by atoms with E-state index in [-0.39, 0.29) is 5.92 Å². The molecule has 1 aromatic carbocycles. The fourth-order valence-electron chi connectivity index (χ4n) is 4.03. The van der Waals surface area contributed by atoms with Crippen molar-refractivity contribution in [2.24, 2.45) is 5.92 Å². The first-order chi connectivity index (χ1) is 12.2. The summed E-state index contributed by atoms with van der Waals surface area (Å²) in [5.74, 6) is 1.40. The van der Waals surface area contributed by atoms with E-state index in [2.05, 4.69) is 45.1 Å². The van der Waals surface area contributed by atoms with Crippen LogP contribution in [-0.2, 0) is 17.8 Å². The van der Waals surface area contributed by atoms with Gasteiger partial charge in [-0.3, -0.25) is 4.79 Å². The highest BCUT2D eigenvalue weighted by molar-refractivity contribution is 5.80. The van der Waals surface area contributed by atoms with Gasteiger partial charge in [0.05, 0.1) is 5.92 Å². The first-order valence-electron chi connectivity index (χ1n) is 9.25. The summed E-state index contributed by atoms with van der Waals surface area (Å²) in [6.45, 7) is 5.39.